The van der Waals surface area contributed by atoms with E-state index in [0.29, 0.717) is 24.8 Å². The van der Waals surface area contributed by atoms with Crippen molar-refractivity contribution < 1.29 is 19.0 Å². The van der Waals surface area contributed by atoms with Gasteiger partial charge in [-0.3, -0.25) is 4.79 Å². The molecule has 0 saturated heterocycles. The molecule has 1 amide bonds. The molecule has 0 heterocycles. The molecule has 0 fully saturated rings. The van der Waals surface area contributed by atoms with E-state index in [2.05, 4.69) is 35.1 Å². The van der Waals surface area contributed by atoms with Crippen molar-refractivity contribution in [3.63, 3.8) is 0 Å². The van der Waals surface area contributed by atoms with Crippen LogP contribution in [-0.2, 0) is 4.79 Å². The number of rotatable bonds is 9. The maximum absolute atomic E-state index is 11.9. The van der Waals surface area contributed by atoms with E-state index >= 15 is 0 Å². The van der Waals surface area contributed by atoms with Gasteiger partial charge < -0.3 is 19.5 Å². The summed E-state index contributed by atoms with van der Waals surface area (Å²) in [5, 5.41) is 2.77. The summed E-state index contributed by atoms with van der Waals surface area (Å²) < 4.78 is 17.0. The molecule has 1 N–H and O–H groups in total. The van der Waals surface area contributed by atoms with E-state index in [1.54, 1.807) is 7.11 Å². The topological polar surface area (TPSA) is 56.8 Å². The van der Waals surface area contributed by atoms with Crippen LogP contribution in [0.25, 0.3) is 0 Å². The van der Waals surface area contributed by atoms with E-state index in [1.807, 2.05) is 42.5 Å². The number of nitrogens with one attached hydrogen (secondary N) is 1. The Morgan fingerprint density at radius 1 is 1.08 bits per heavy atom. The Bertz CT molecular complexity index is 716. The Labute approximate surface area is 162 Å². The number of methoxy groups -OCH3 is 1. The maximum Gasteiger partial charge on any atom is 0.258 e. The molecular weight excluding hydrogens is 398 g/mol. The first-order valence-electron chi connectivity index (χ1n) is 8.45. The number of carbonyl (C=O) groups is 1. The number of hydrogen-bond acceptors (Lipinski definition) is 4. The molecule has 6 heteroatoms. The zero-order valence-corrected chi connectivity index (χ0v) is 16.8. The molecule has 0 aliphatic carbocycles. The van der Waals surface area contributed by atoms with Crippen LogP contribution in [0, 0.1) is 0 Å². The molecular formula is C20H24BrNO4. The average Bonchev–Trinajstić information content (AvgIpc) is 2.64. The molecule has 0 saturated carbocycles. The Hall–Kier alpha value is -2.21. The van der Waals surface area contributed by atoms with Gasteiger partial charge in [-0.25, -0.2) is 0 Å². The van der Waals surface area contributed by atoms with Crippen molar-refractivity contribution in [2.75, 3.05) is 26.9 Å². The quantitative estimate of drug-likeness (QED) is 0.617. The smallest absolute Gasteiger partial charge is 0.258 e. The Morgan fingerprint density at radius 3 is 2.38 bits per heavy atom. The van der Waals surface area contributed by atoms with Crippen LogP contribution < -0.4 is 19.5 Å². The van der Waals surface area contributed by atoms with Crippen LogP contribution in [0.15, 0.2) is 46.9 Å². The van der Waals surface area contributed by atoms with Crippen molar-refractivity contribution >= 4 is 21.8 Å². The molecule has 0 aliphatic heterocycles. The van der Waals surface area contributed by atoms with Crippen molar-refractivity contribution in [1.29, 1.82) is 0 Å². The predicted molar refractivity (Wildman–Crippen MR) is 105 cm³/mol. The number of benzene rings is 2. The zero-order valence-electron chi connectivity index (χ0n) is 15.3. The van der Waals surface area contributed by atoms with Crippen molar-refractivity contribution in [2.24, 2.45) is 0 Å². The summed E-state index contributed by atoms with van der Waals surface area (Å²) in [4.78, 5) is 11.9. The lowest BCUT2D eigenvalue weighted by molar-refractivity contribution is -0.123. The normalized spacial score (nSPS) is 10.5. The molecule has 0 aliphatic rings. The van der Waals surface area contributed by atoms with Crippen LogP contribution in [0.1, 0.15) is 25.3 Å². The summed E-state index contributed by atoms with van der Waals surface area (Å²) in [6.45, 7) is 5.00. The maximum atomic E-state index is 11.9. The Morgan fingerprint density at radius 2 is 1.77 bits per heavy atom. The lowest BCUT2D eigenvalue weighted by Crippen LogP contribution is -2.32. The highest BCUT2D eigenvalue weighted by Crippen LogP contribution is 2.28. The van der Waals surface area contributed by atoms with Gasteiger partial charge in [0, 0.05) is 0 Å². The second-order valence-electron chi connectivity index (χ2n) is 6.01. The standard InChI is InChI=1S/C20H24BrNO4/c1-14(2)15-4-9-19(18(21)12-15)26-13-20(23)22-10-11-25-17-7-5-16(24-3)6-8-17/h4-9,12,14H,10-11,13H2,1-3H3,(H,22,23). The van der Waals surface area contributed by atoms with E-state index < -0.39 is 0 Å². The van der Waals surface area contributed by atoms with E-state index in [4.69, 9.17) is 14.2 Å². The van der Waals surface area contributed by atoms with Gasteiger partial charge in [-0.1, -0.05) is 19.9 Å². The van der Waals surface area contributed by atoms with Gasteiger partial charge in [0.1, 0.15) is 23.9 Å². The molecule has 0 aromatic heterocycles. The third-order valence-corrected chi connectivity index (χ3v) is 4.35. The third-order valence-electron chi connectivity index (χ3n) is 3.73. The Kier molecular flexibility index (Phi) is 7.78. The van der Waals surface area contributed by atoms with E-state index in [9.17, 15) is 4.79 Å². The van der Waals surface area contributed by atoms with Crippen LogP contribution in [0.4, 0.5) is 0 Å². The summed E-state index contributed by atoms with van der Waals surface area (Å²) in [6, 6.07) is 13.2. The summed E-state index contributed by atoms with van der Waals surface area (Å²) >= 11 is 3.48. The highest BCUT2D eigenvalue weighted by Gasteiger charge is 2.08. The minimum Gasteiger partial charge on any atom is -0.497 e. The number of halogens is 1. The first-order valence-corrected chi connectivity index (χ1v) is 9.24. The molecule has 0 bridgehead atoms. The van der Waals surface area contributed by atoms with Crippen LogP contribution in [0.5, 0.6) is 17.2 Å². The van der Waals surface area contributed by atoms with Crippen LogP contribution in [-0.4, -0.2) is 32.8 Å². The fraction of sp³-hybridized carbons (Fsp3) is 0.350. The second kappa shape index (κ2) is 10.1. The largest absolute Gasteiger partial charge is 0.497 e. The minimum absolute atomic E-state index is 0.0395. The van der Waals surface area contributed by atoms with E-state index in [-0.39, 0.29) is 12.5 Å². The van der Waals surface area contributed by atoms with Gasteiger partial charge in [-0.15, -0.1) is 0 Å². The number of carbonyl (C=O) groups excluding carboxylic acids is 1. The van der Waals surface area contributed by atoms with Crippen LogP contribution in [0.3, 0.4) is 0 Å². The van der Waals surface area contributed by atoms with Gasteiger partial charge in [0.15, 0.2) is 6.61 Å². The number of hydrogen-bond donors (Lipinski definition) is 1. The number of ether oxygens (including phenoxy) is 3. The Balaban J connectivity index is 1.68. The zero-order chi connectivity index (χ0) is 18.9. The first-order chi connectivity index (χ1) is 12.5. The lowest BCUT2D eigenvalue weighted by Gasteiger charge is -2.12. The molecule has 0 spiro atoms. The fourth-order valence-corrected chi connectivity index (χ4v) is 2.73. The van der Waals surface area contributed by atoms with Gasteiger partial charge in [-0.05, 0) is 63.8 Å². The predicted octanol–water partition coefficient (Wildman–Crippen LogP) is 4.16. The van der Waals surface area contributed by atoms with E-state index in [1.165, 1.54) is 5.56 Å². The molecule has 0 unspecified atom stereocenters. The van der Waals surface area contributed by atoms with Gasteiger partial charge in [-0.2, -0.15) is 0 Å². The van der Waals surface area contributed by atoms with Crippen LogP contribution in [0.2, 0.25) is 0 Å². The van der Waals surface area contributed by atoms with Crippen molar-refractivity contribution in [3.8, 4) is 17.2 Å². The van der Waals surface area contributed by atoms with Gasteiger partial charge in [0.25, 0.3) is 5.91 Å². The molecule has 2 aromatic rings. The molecule has 140 valence electrons. The minimum atomic E-state index is -0.192. The van der Waals surface area contributed by atoms with Gasteiger partial charge in [0.05, 0.1) is 18.1 Å². The van der Waals surface area contributed by atoms with E-state index in [0.717, 1.165) is 16.0 Å². The third kappa shape index (κ3) is 6.26. The number of amides is 1. The molecule has 0 radical (unpaired) electrons. The molecule has 2 aromatic carbocycles. The molecule has 26 heavy (non-hydrogen) atoms. The van der Waals surface area contributed by atoms with Gasteiger partial charge >= 0.3 is 0 Å². The summed E-state index contributed by atoms with van der Waals surface area (Å²) in [5.74, 6) is 2.40. The molecule has 2 rings (SSSR count). The van der Waals surface area contributed by atoms with Gasteiger partial charge in [0.2, 0.25) is 0 Å². The SMILES string of the molecule is COc1ccc(OCCNC(=O)COc2ccc(C(C)C)cc2Br)cc1. The molecule has 0 atom stereocenters. The van der Waals surface area contributed by atoms with Crippen molar-refractivity contribution in [3.05, 3.63) is 52.5 Å². The average molecular weight is 422 g/mol. The first kappa shape index (κ1) is 20.1. The van der Waals surface area contributed by atoms with Crippen LogP contribution >= 0.6 is 15.9 Å². The molecule has 5 nitrogen and oxygen atoms in total. The monoisotopic (exact) mass is 421 g/mol. The second-order valence-corrected chi connectivity index (χ2v) is 6.86. The lowest BCUT2D eigenvalue weighted by atomic mass is 10.0. The van der Waals surface area contributed by atoms with Crippen molar-refractivity contribution in [1.82, 2.24) is 5.32 Å². The van der Waals surface area contributed by atoms with Crippen molar-refractivity contribution in [2.45, 2.75) is 19.8 Å². The highest BCUT2D eigenvalue weighted by molar-refractivity contribution is 9.10. The summed E-state index contributed by atoms with van der Waals surface area (Å²) in [6.07, 6.45) is 0. The fourth-order valence-electron chi connectivity index (χ4n) is 2.22. The summed E-state index contributed by atoms with van der Waals surface area (Å²) in [7, 11) is 1.62. The highest BCUT2D eigenvalue weighted by atomic mass is 79.9. The summed E-state index contributed by atoms with van der Waals surface area (Å²) in [5.41, 5.74) is 1.21.